The van der Waals surface area contributed by atoms with Gasteiger partial charge in [-0.2, -0.15) is 0 Å². The van der Waals surface area contributed by atoms with Crippen LogP contribution in [-0.4, -0.2) is 14.8 Å². The molecule has 0 aliphatic carbocycles. The molecule has 0 saturated heterocycles. The summed E-state index contributed by atoms with van der Waals surface area (Å²) in [5.74, 6) is 0.957. The molecule has 0 fully saturated rings. The number of nitrogens with zero attached hydrogens (tertiary/aromatic N) is 3. The summed E-state index contributed by atoms with van der Waals surface area (Å²) in [7, 11) is 1.92. The highest BCUT2D eigenvalue weighted by molar-refractivity contribution is 9.13. The Hall–Kier alpha value is -1.66. The van der Waals surface area contributed by atoms with E-state index in [1.54, 1.807) is 6.08 Å². The zero-order chi connectivity index (χ0) is 14.8. The standard InChI is InChI=1S/C15H11Br2N3O/c1-20-12(9-11(16)14(20)17)15-19-18-13(21-15)8-7-10-5-3-2-4-6-10/h2-9H,1H3/b8-7+. The van der Waals surface area contributed by atoms with Gasteiger partial charge in [0, 0.05) is 13.1 Å². The first-order chi connectivity index (χ1) is 10.1. The topological polar surface area (TPSA) is 43.9 Å². The Morgan fingerprint density at radius 2 is 1.86 bits per heavy atom. The van der Waals surface area contributed by atoms with Crippen molar-refractivity contribution in [1.29, 1.82) is 0 Å². The van der Waals surface area contributed by atoms with Crippen LogP contribution in [0.1, 0.15) is 11.5 Å². The molecule has 0 aliphatic rings. The molecule has 3 aromatic rings. The second kappa shape index (κ2) is 5.99. The van der Waals surface area contributed by atoms with E-state index >= 15 is 0 Å². The summed E-state index contributed by atoms with van der Waals surface area (Å²) < 4.78 is 9.47. The van der Waals surface area contributed by atoms with Crippen LogP contribution in [0.2, 0.25) is 0 Å². The van der Waals surface area contributed by atoms with Gasteiger partial charge in [0.15, 0.2) is 0 Å². The molecule has 0 atom stereocenters. The first-order valence-corrected chi connectivity index (χ1v) is 7.81. The fourth-order valence-corrected chi connectivity index (χ4v) is 2.67. The second-order valence-electron chi connectivity index (χ2n) is 4.42. The molecule has 2 aromatic heterocycles. The molecule has 0 bridgehead atoms. The Morgan fingerprint density at radius 3 is 2.52 bits per heavy atom. The predicted molar refractivity (Wildman–Crippen MR) is 89.5 cm³/mol. The van der Waals surface area contributed by atoms with Crippen molar-refractivity contribution in [3.63, 3.8) is 0 Å². The molecule has 0 radical (unpaired) electrons. The summed E-state index contributed by atoms with van der Waals surface area (Å²) in [6, 6.07) is 11.9. The van der Waals surface area contributed by atoms with Crippen LogP contribution in [0.4, 0.5) is 0 Å². The van der Waals surface area contributed by atoms with E-state index in [-0.39, 0.29) is 0 Å². The monoisotopic (exact) mass is 407 g/mol. The van der Waals surface area contributed by atoms with Gasteiger partial charge in [0.05, 0.1) is 9.08 Å². The molecular weight excluding hydrogens is 398 g/mol. The molecule has 2 heterocycles. The average molecular weight is 409 g/mol. The van der Waals surface area contributed by atoms with Gasteiger partial charge >= 0.3 is 0 Å². The SMILES string of the molecule is Cn1c(-c2nnc(/C=C/c3ccccc3)o2)cc(Br)c1Br. The number of benzene rings is 1. The third kappa shape index (κ3) is 3.01. The second-order valence-corrected chi connectivity index (χ2v) is 6.02. The summed E-state index contributed by atoms with van der Waals surface area (Å²) in [4.78, 5) is 0. The average Bonchev–Trinajstić information content (AvgIpc) is 3.07. The van der Waals surface area contributed by atoms with E-state index in [0.29, 0.717) is 11.8 Å². The van der Waals surface area contributed by atoms with Gasteiger partial charge in [-0.05, 0) is 49.6 Å². The molecule has 3 rings (SSSR count). The van der Waals surface area contributed by atoms with Crippen LogP contribution in [0.15, 0.2) is 49.9 Å². The lowest BCUT2D eigenvalue weighted by Crippen LogP contribution is -1.91. The Morgan fingerprint density at radius 1 is 1.10 bits per heavy atom. The minimum atomic E-state index is 0.474. The molecule has 0 saturated carbocycles. The van der Waals surface area contributed by atoms with Crippen LogP contribution < -0.4 is 0 Å². The van der Waals surface area contributed by atoms with E-state index in [0.717, 1.165) is 20.3 Å². The van der Waals surface area contributed by atoms with E-state index in [4.69, 9.17) is 4.42 Å². The van der Waals surface area contributed by atoms with Gasteiger partial charge in [-0.3, -0.25) is 0 Å². The highest BCUT2D eigenvalue weighted by Gasteiger charge is 2.15. The highest BCUT2D eigenvalue weighted by atomic mass is 79.9. The van der Waals surface area contributed by atoms with Crippen molar-refractivity contribution in [2.45, 2.75) is 0 Å². The molecule has 4 nitrogen and oxygen atoms in total. The summed E-state index contributed by atoms with van der Waals surface area (Å²) in [5.41, 5.74) is 1.93. The van der Waals surface area contributed by atoms with Crippen LogP contribution in [0.5, 0.6) is 0 Å². The van der Waals surface area contributed by atoms with Gasteiger partial charge in [-0.15, -0.1) is 10.2 Å². The Balaban J connectivity index is 1.87. The number of aromatic nitrogens is 3. The molecule has 106 valence electrons. The van der Waals surface area contributed by atoms with Gasteiger partial charge in [0.1, 0.15) is 5.69 Å². The summed E-state index contributed by atoms with van der Waals surface area (Å²) in [6.07, 6.45) is 3.74. The van der Waals surface area contributed by atoms with Gasteiger partial charge in [0.25, 0.3) is 5.89 Å². The first kappa shape index (κ1) is 14.3. The number of hydrogen-bond donors (Lipinski definition) is 0. The largest absolute Gasteiger partial charge is 0.415 e. The third-order valence-electron chi connectivity index (χ3n) is 2.99. The van der Waals surface area contributed by atoms with Crippen molar-refractivity contribution in [2.24, 2.45) is 7.05 Å². The van der Waals surface area contributed by atoms with Crippen molar-refractivity contribution >= 4 is 44.0 Å². The number of rotatable bonds is 3. The lowest BCUT2D eigenvalue weighted by atomic mass is 10.2. The fraction of sp³-hybridized carbons (Fsp3) is 0.0667. The zero-order valence-corrected chi connectivity index (χ0v) is 14.3. The molecule has 0 spiro atoms. The van der Waals surface area contributed by atoms with Crippen molar-refractivity contribution in [3.05, 3.63) is 56.9 Å². The van der Waals surface area contributed by atoms with Crippen molar-refractivity contribution in [3.8, 4) is 11.6 Å². The Kier molecular flexibility index (Phi) is 4.07. The number of halogens is 2. The minimum absolute atomic E-state index is 0.474. The number of hydrogen-bond acceptors (Lipinski definition) is 3. The molecule has 0 unspecified atom stereocenters. The van der Waals surface area contributed by atoms with Gasteiger partial charge in [-0.25, -0.2) is 0 Å². The molecule has 21 heavy (non-hydrogen) atoms. The maximum absolute atomic E-state index is 5.67. The maximum Gasteiger partial charge on any atom is 0.264 e. The van der Waals surface area contributed by atoms with Gasteiger partial charge in [0.2, 0.25) is 5.89 Å². The summed E-state index contributed by atoms with van der Waals surface area (Å²) in [6.45, 7) is 0. The maximum atomic E-state index is 5.67. The van der Waals surface area contributed by atoms with Crippen LogP contribution in [-0.2, 0) is 7.05 Å². The van der Waals surface area contributed by atoms with Crippen molar-refractivity contribution in [2.75, 3.05) is 0 Å². The highest BCUT2D eigenvalue weighted by Crippen LogP contribution is 2.31. The Bertz CT molecular complexity index is 791. The van der Waals surface area contributed by atoms with Crippen LogP contribution >= 0.6 is 31.9 Å². The smallest absolute Gasteiger partial charge is 0.264 e. The third-order valence-corrected chi connectivity index (χ3v) is 5.09. The quantitative estimate of drug-likeness (QED) is 0.626. The van der Waals surface area contributed by atoms with E-state index in [1.807, 2.05) is 54.1 Å². The lowest BCUT2D eigenvalue weighted by molar-refractivity contribution is 0.552. The van der Waals surface area contributed by atoms with Gasteiger partial charge in [-0.1, -0.05) is 30.3 Å². The molecule has 0 N–H and O–H groups in total. The molecule has 0 amide bonds. The normalized spacial score (nSPS) is 11.4. The van der Waals surface area contributed by atoms with Crippen LogP contribution in [0.3, 0.4) is 0 Å². The van der Waals surface area contributed by atoms with E-state index in [9.17, 15) is 0 Å². The van der Waals surface area contributed by atoms with Crippen molar-refractivity contribution in [1.82, 2.24) is 14.8 Å². The molecular formula is C15H11Br2N3O. The first-order valence-electron chi connectivity index (χ1n) is 6.23. The van der Waals surface area contributed by atoms with E-state index in [2.05, 4.69) is 42.1 Å². The zero-order valence-electron chi connectivity index (χ0n) is 11.1. The summed E-state index contributed by atoms with van der Waals surface area (Å²) >= 11 is 6.94. The van der Waals surface area contributed by atoms with E-state index in [1.165, 1.54) is 0 Å². The van der Waals surface area contributed by atoms with Crippen molar-refractivity contribution < 1.29 is 4.42 Å². The van der Waals surface area contributed by atoms with Gasteiger partial charge < -0.3 is 8.98 Å². The lowest BCUT2D eigenvalue weighted by Gasteiger charge is -1.98. The molecule has 1 aromatic carbocycles. The molecule has 6 heteroatoms. The molecule has 0 aliphatic heterocycles. The predicted octanol–water partition coefficient (Wildman–Crippen LogP) is 4.77. The van der Waals surface area contributed by atoms with Crippen LogP contribution in [0, 0.1) is 0 Å². The minimum Gasteiger partial charge on any atom is -0.415 e. The van der Waals surface area contributed by atoms with E-state index < -0.39 is 0 Å². The summed E-state index contributed by atoms with van der Waals surface area (Å²) in [5, 5.41) is 8.12. The Labute approximate surface area is 138 Å². The fourth-order valence-electron chi connectivity index (χ4n) is 1.88. The van der Waals surface area contributed by atoms with Crippen LogP contribution in [0.25, 0.3) is 23.7 Å².